The van der Waals surface area contributed by atoms with Gasteiger partial charge in [0.25, 0.3) is 0 Å². The summed E-state index contributed by atoms with van der Waals surface area (Å²) in [6.07, 6.45) is 6.63. The van der Waals surface area contributed by atoms with Gasteiger partial charge < -0.3 is 25.2 Å². The van der Waals surface area contributed by atoms with Gasteiger partial charge in [0.1, 0.15) is 11.0 Å². The fraction of sp³-hybridized carbons (Fsp3) is 0.625. The van der Waals surface area contributed by atoms with Gasteiger partial charge in [-0.1, -0.05) is 19.3 Å². The fourth-order valence-electron chi connectivity index (χ4n) is 4.21. The van der Waals surface area contributed by atoms with Gasteiger partial charge in [-0.3, -0.25) is 0 Å². The molecule has 0 amide bonds. The highest BCUT2D eigenvalue weighted by Crippen LogP contribution is 2.37. The lowest BCUT2D eigenvalue weighted by Crippen LogP contribution is -2.37. The van der Waals surface area contributed by atoms with Crippen LogP contribution in [0.3, 0.4) is 0 Å². The van der Waals surface area contributed by atoms with E-state index in [1.807, 2.05) is 26.0 Å². The van der Waals surface area contributed by atoms with Crippen molar-refractivity contribution in [1.82, 2.24) is 10.6 Å². The van der Waals surface area contributed by atoms with Crippen molar-refractivity contribution < 1.29 is 14.6 Å². The summed E-state index contributed by atoms with van der Waals surface area (Å²) >= 11 is 1.41. The number of nitrogens with zero attached hydrogens (tertiary/aromatic N) is 1. The van der Waals surface area contributed by atoms with Gasteiger partial charge in [-0.15, -0.1) is 11.8 Å². The van der Waals surface area contributed by atoms with Crippen LogP contribution in [0.15, 0.2) is 17.0 Å². The van der Waals surface area contributed by atoms with E-state index in [2.05, 4.69) is 16.7 Å². The standard InChI is InChI=1S/C24H35N3O3S/c1-3-29-21-12-17-10-11-26-24(20(17)13-22(21)30-4-2)23(14-25)31-16-19(28)15-27-18-8-6-5-7-9-18/h12-13,18-19,26-28H,3-11,15-16H2,1-2H3. The molecule has 170 valence electrons. The van der Waals surface area contributed by atoms with Crippen LogP contribution in [0.4, 0.5) is 0 Å². The van der Waals surface area contributed by atoms with Crippen LogP contribution in [0.1, 0.15) is 57.1 Å². The number of thioether (sulfide) groups is 1. The molecule has 1 unspecified atom stereocenters. The molecule has 1 aliphatic carbocycles. The van der Waals surface area contributed by atoms with Gasteiger partial charge in [0, 0.05) is 30.4 Å². The first-order chi connectivity index (χ1) is 15.2. The molecule has 3 rings (SSSR count). The Kier molecular flexibility index (Phi) is 9.38. The maximum atomic E-state index is 10.5. The molecule has 1 fully saturated rings. The highest BCUT2D eigenvalue weighted by molar-refractivity contribution is 8.03. The highest BCUT2D eigenvalue weighted by Gasteiger charge is 2.22. The monoisotopic (exact) mass is 445 g/mol. The lowest BCUT2D eigenvalue weighted by Gasteiger charge is -2.25. The van der Waals surface area contributed by atoms with Gasteiger partial charge in [0.15, 0.2) is 11.5 Å². The Morgan fingerprint density at radius 1 is 1.23 bits per heavy atom. The average molecular weight is 446 g/mol. The second-order valence-corrected chi connectivity index (χ2v) is 9.05. The molecule has 1 aliphatic heterocycles. The molecule has 0 spiro atoms. The van der Waals surface area contributed by atoms with Crippen LogP contribution in [0, 0.1) is 11.3 Å². The van der Waals surface area contributed by atoms with E-state index in [9.17, 15) is 10.4 Å². The number of ether oxygens (including phenoxy) is 2. The van der Waals surface area contributed by atoms with E-state index in [-0.39, 0.29) is 0 Å². The van der Waals surface area contributed by atoms with Gasteiger partial charge in [0.2, 0.25) is 0 Å². The number of allylic oxidation sites excluding steroid dienone is 1. The predicted molar refractivity (Wildman–Crippen MR) is 126 cm³/mol. The molecule has 0 radical (unpaired) electrons. The zero-order valence-corrected chi connectivity index (χ0v) is 19.5. The van der Waals surface area contributed by atoms with E-state index in [1.165, 1.54) is 43.9 Å². The van der Waals surface area contributed by atoms with Crippen LogP contribution < -0.4 is 20.1 Å². The number of hydrogen-bond donors (Lipinski definition) is 3. The third kappa shape index (κ3) is 6.55. The highest BCUT2D eigenvalue weighted by atomic mass is 32.2. The summed E-state index contributed by atoms with van der Waals surface area (Å²) in [5.74, 6) is 1.93. The predicted octanol–water partition coefficient (Wildman–Crippen LogP) is 3.84. The lowest BCUT2D eigenvalue weighted by molar-refractivity contribution is 0.185. The van der Waals surface area contributed by atoms with E-state index in [4.69, 9.17) is 9.47 Å². The van der Waals surface area contributed by atoms with E-state index < -0.39 is 6.10 Å². The zero-order valence-electron chi connectivity index (χ0n) is 18.7. The second-order valence-electron chi connectivity index (χ2n) is 8.02. The molecule has 1 saturated carbocycles. The van der Waals surface area contributed by atoms with Crippen molar-refractivity contribution in [3.05, 3.63) is 28.2 Å². The van der Waals surface area contributed by atoms with E-state index in [0.717, 1.165) is 35.5 Å². The van der Waals surface area contributed by atoms with Gasteiger partial charge >= 0.3 is 0 Å². The quantitative estimate of drug-likeness (QED) is 0.472. The molecule has 7 heteroatoms. The van der Waals surface area contributed by atoms with E-state index in [0.29, 0.717) is 42.2 Å². The Morgan fingerprint density at radius 3 is 2.61 bits per heavy atom. The first-order valence-electron chi connectivity index (χ1n) is 11.5. The smallest absolute Gasteiger partial charge is 0.161 e. The number of rotatable bonds is 10. The molecule has 2 aliphatic rings. The topological polar surface area (TPSA) is 86.5 Å². The average Bonchev–Trinajstić information content (AvgIpc) is 2.79. The summed E-state index contributed by atoms with van der Waals surface area (Å²) in [5.41, 5.74) is 2.95. The van der Waals surface area contributed by atoms with Crippen LogP contribution >= 0.6 is 11.8 Å². The van der Waals surface area contributed by atoms with Crippen LogP contribution in [0.25, 0.3) is 5.70 Å². The van der Waals surface area contributed by atoms with Crippen LogP contribution in [-0.2, 0) is 6.42 Å². The number of nitrogens with one attached hydrogen (secondary N) is 2. The van der Waals surface area contributed by atoms with Crippen molar-refractivity contribution in [2.45, 2.75) is 64.5 Å². The van der Waals surface area contributed by atoms with Crippen LogP contribution in [0.2, 0.25) is 0 Å². The van der Waals surface area contributed by atoms with Gasteiger partial charge in [-0.2, -0.15) is 5.26 Å². The minimum atomic E-state index is -0.488. The first-order valence-corrected chi connectivity index (χ1v) is 12.5. The number of nitriles is 1. The largest absolute Gasteiger partial charge is 0.490 e. The molecule has 0 saturated heterocycles. The molecule has 3 N–H and O–H groups in total. The summed E-state index contributed by atoms with van der Waals surface area (Å²) in [5, 5.41) is 27.2. The number of hydrogen-bond acceptors (Lipinski definition) is 7. The summed E-state index contributed by atoms with van der Waals surface area (Å²) in [4.78, 5) is 0.601. The third-order valence-corrected chi connectivity index (χ3v) is 6.87. The summed E-state index contributed by atoms with van der Waals surface area (Å²) < 4.78 is 11.6. The van der Waals surface area contributed by atoms with Crippen LogP contribution in [-0.4, -0.2) is 49.3 Å². The molecule has 1 aromatic carbocycles. The summed E-state index contributed by atoms with van der Waals surface area (Å²) in [6, 6.07) is 6.87. The van der Waals surface area contributed by atoms with Crippen LogP contribution in [0.5, 0.6) is 11.5 Å². The lowest BCUT2D eigenvalue weighted by atomic mass is 9.95. The number of aliphatic hydroxyl groups is 1. The van der Waals surface area contributed by atoms with E-state index in [1.54, 1.807) is 0 Å². The first kappa shape index (κ1) is 23.8. The number of aliphatic hydroxyl groups excluding tert-OH is 1. The Morgan fingerprint density at radius 2 is 1.94 bits per heavy atom. The third-order valence-electron chi connectivity index (χ3n) is 5.73. The molecular weight excluding hydrogens is 410 g/mol. The number of benzene rings is 1. The molecule has 1 aromatic rings. The maximum Gasteiger partial charge on any atom is 0.161 e. The minimum Gasteiger partial charge on any atom is -0.490 e. The maximum absolute atomic E-state index is 10.5. The normalized spacial score (nSPS) is 19.0. The zero-order chi connectivity index (χ0) is 22.1. The minimum absolute atomic E-state index is 0.485. The van der Waals surface area contributed by atoms with Crippen molar-refractivity contribution in [3.8, 4) is 17.6 Å². The van der Waals surface area contributed by atoms with Gasteiger partial charge in [-0.25, -0.2) is 0 Å². The molecule has 0 bridgehead atoms. The molecule has 6 nitrogen and oxygen atoms in total. The molecule has 31 heavy (non-hydrogen) atoms. The summed E-state index contributed by atoms with van der Waals surface area (Å²) in [7, 11) is 0. The summed E-state index contributed by atoms with van der Waals surface area (Å²) in [6.45, 7) is 6.36. The molecule has 1 heterocycles. The fourth-order valence-corrected chi connectivity index (χ4v) is 5.07. The van der Waals surface area contributed by atoms with E-state index >= 15 is 0 Å². The Balaban J connectivity index is 1.71. The van der Waals surface area contributed by atoms with Crippen molar-refractivity contribution in [2.24, 2.45) is 0 Å². The molecule has 1 atom stereocenters. The Hall–Kier alpha value is -1.88. The molecule has 0 aromatic heterocycles. The van der Waals surface area contributed by atoms with Crippen molar-refractivity contribution in [3.63, 3.8) is 0 Å². The van der Waals surface area contributed by atoms with Gasteiger partial charge in [-0.05, 0) is 50.8 Å². The van der Waals surface area contributed by atoms with Crippen molar-refractivity contribution in [2.75, 3.05) is 32.1 Å². The van der Waals surface area contributed by atoms with Crippen molar-refractivity contribution >= 4 is 17.5 Å². The van der Waals surface area contributed by atoms with Crippen molar-refractivity contribution in [1.29, 1.82) is 5.26 Å². The SMILES string of the molecule is CCOc1cc2c(cc1OCC)C(=C(C#N)SCC(O)CNC1CCCCC1)NCC2. The molecular formula is C24H35N3O3S. The second kappa shape index (κ2) is 12.2. The Labute approximate surface area is 190 Å². The number of fused-ring (bicyclic) bond motifs is 1. The van der Waals surface area contributed by atoms with Gasteiger partial charge in [0.05, 0.1) is 25.0 Å². The Bertz CT molecular complexity index is 800.